The van der Waals surface area contributed by atoms with Gasteiger partial charge in [-0.05, 0) is 18.8 Å². The Morgan fingerprint density at radius 2 is 2.14 bits per heavy atom. The molecule has 0 heterocycles. The van der Waals surface area contributed by atoms with Gasteiger partial charge in [0.1, 0.15) is 6.54 Å². The molecule has 0 aliphatic heterocycles. The third-order valence-electron chi connectivity index (χ3n) is 3.25. The van der Waals surface area contributed by atoms with Crippen LogP contribution in [0.2, 0.25) is 0 Å². The minimum atomic E-state index is -1.16. The summed E-state index contributed by atoms with van der Waals surface area (Å²) < 4.78 is 5.24. The first-order valence-corrected chi connectivity index (χ1v) is 6.76. The SMILES string of the molecule is COC1=C(NCC(=O)O)CC(CO)C/C1=N\C(CN)C(=O)O. The van der Waals surface area contributed by atoms with Crippen LogP contribution >= 0.6 is 0 Å². The second kappa shape index (κ2) is 8.35. The largest absolute Gasteiger partial charge is 0.493 e. The zero-order valence-corrected chi connectivity index (χ0v) is 12.3. The van der Waals surface area contributed by atoms with Gasteiger partial charge in [-0.1, -0.05) is 0 Å². The lowest BCUT2D eigenvalue weighted by atomic mass is 9.89. The molecule has 9 heteroatoms. The second-order valence-corrected chi connectivity index (χ2v) is 4.88. The van der Waals surface area contributed by atoms with Crippen LogP contribution < -0.4 is 11.1 Å². The Balaban J connectivity index is 3.15. The van der Waals surface area contributed by atoms with Gasteiger partial charge in [0.25, 0.3) is 0 Å². The fourth-order valence-electron chi connectivity index (χ4n) is 2.21. The lowest BCUT2D eigenvalue weighted by molar-refractivity contribution is -0.138. The summed E-state index contributed by atoms with van der Waals surface area (Å²) in [7, 11) is 1.39. The molecule has 0 fully saturated rings. The smallest absolute Gasteiger partial charge is 0.329 e. The molecule has 0 aromatic rings. The maximum atomic E-state index is 11.1. The molecule has 1 aliphatic rings. The summed E-state index contributed by atoms with van der Waals surface area (Å²) in [4.78, 5) is 25.8. The first-order valence-electron chi connectivity index (χ1n) is 6.76. The number of aliphatic hydroxyl groups excluding tert-OH is 1. The molecular formula is C13H21N3O6. The Bertz CT molecular complexity index is 488. The van der Waals surface area contributed by atoms with Gasteiger partial charge in [0, 0.05) is 13.2 Å². The van der Waals surface area contributed by atoms with Crippen LogP contribution in [0.25, 0.3) is 0 Å². The summed E-state index contributed by atoms with van der Waals surface area (Å²) in [6, 6.07) is -1.11. The minimum absolute atomic E-state index is 0.130. The number of aliphatic carboxylic acids is 2. The average Bonchev–Trinajstić information content (AvgIpc) is 2.49. The van der Waals surface area contributed by atoms with E-state index >= 15 is 0 Å². The van der Waals surface area contributed by atoms with Gasteiger partial charge >= 0.3 is 11.9 Å². The highest BCUT2D eigenvalue weighted by molar-refractivity contribution is 6.01. The van der Waals surface area contributed by atoms with Gasteiger partial charge in [-0.25, -0.2) is 4.79 Å². The van der Waals surface area contributed by atoms with Crippen LogP contribution in [-0.2, 0) is 14.3 Å². The highest BCUT2D eigenvalue weighted by Gasteiger charge is 2.28. The molecule has 9 nitrogen and oxygen atoms in total. The molecule has 124 valence electrons. The molecular weight excluding hydrogens is 294 g/mol. The fraction of sp³-hybridized carbons (Fsp3) is 0.615. The number of hydrogen-bond acceptors (Lipinski definition) is 7. The van der Waals surface area contributed by atoms with Crippen molar-refractivity contribution in [2.75, 3.05) is 26.8 Å². The van der Waals surface area contributed by atoms with Crippen molar-refractivity contribution >= 4 is 17.7 Å². The van der Waals surface area contributed by atoms with E-state index in [9.17, 15) is 14.7 Å². The number of aliphatic imine (C=N–C) groups is 1. The number of allylic oxidation sites excluding steroid dienone is 2. The van der Waals surface area contributed by atoms with Crippen LogP contribution in [0.1, 0.15) is 12.8 Å². The van der Waals surface area contributed by atoms with E-state index in [1.54, 1.807) is 0 Å². The lowest BCUT2D eigenvalue weighted by Crippen LogP contribution is -2.34. The van der Waals surface area contributed by atoms with E-state index in [0.29, 0.717) is 30.0 Å². The quantitative estimate of drug-likeness (QED) is 0.373. The summed E-state index contributed by atoms with van der Waals surface area (Å²) in [5.74, 6) is -2.08. The van der Waals surface area contributed by atoms with Crippen molar-refractivity contribution in [1.82, 2.24) is 5.32 Å². The molecule has 0 radical (unpaired) electrons. The Morgan fingerprint density at radius 1 is 1.45 bits per heavy atom. The van der Waals surface area contributed by atoms with Crippen molar-refractivity contribution in [3.63, 3.8) is 0 Å². The number of carboxylic acids is 2. The Morgan fingerprint density at radius 3 is 2.59 bits per heavy atom. The van der Waals surface area contributed by atoms with Gasteiger partial charge in [0.05, 0.1) is 18.5 Å². The van der Waals surface area contributed by atoms with E-state index in [0.717, 1.165) is 0 Å². The number of carbonyl (C=O) groups is 2. The summed E-state index contributed by atoms with van der Waals surface area (Å²) in [6.45, 7) is -0.612. The average molecular weight is 315 g/mol. The van der Waals surface area contributed by atoms with E-state index in [1.807, 2.05) is 0 Å². The summed E-state index contributed by atoms with van der Waals surface area (Å²) in [5.41, 5.74) is 6.23. The molecule has 2 unspecified atom stereocenters. The summed E-state index contributed by atoms with van der Waals surface area (Å²) >= 11 is 0. The number of carboxylic acid groups (broad SMARTS) is 2. The first kappa shape index (κ1) is 17.9. The van der Waals surface area contributed by atoms with E-state index in [4.69, 9.17) is 20.7 Å². The standard InChI is InChI=1S/C13H21N3O6/c1-22-12-8(15-5-11(18)19)2-7(6-17)3-9(12)16-10(4-14)13(20)21/h7,10,15,17H,2-6,14H2,1H3,(H,18,19)(H,20,21)/b16-9+. The van der Waals surface area contributed by atoms with E-state index < -0.39 is 18.0 Å². The number of aliphatic hydroxyl groups is 1. The van der Waals surface area contributed by atoms with Gasteiger partial charge in [0.15, 0.2) is 11.8 Å². The van der Waals surface area contributed by atoms with Crippen LogP contribution in [0.15, 0.2) is 16.4 Å². The normalized spacial score (nSPS) is 21.6. The molecule has 1 rings (SSSR count). The monoisotopic (exact) mass is 315 g/mol. The number of ether oxygens (including phenoxy) is 1. The summed E-state index contributed by atoms with van der Waals surface area (Å²) in [6.07, 6.45) is 0.730. The highest BCUT2D eigenvalue weighted by atomic mass is 16.5. The third-order valence-corrected chi connectivity index (χ3v) is 3.25. The van der Waals surface area contributed by atoms with Crippen molar-refractivity contribution in [2.45, 2.75) is 18.9 Å². The van der Waals surface area contributed by atoms with E-state index in [2.05, 4.69) is 10.3 Å². The van der Waals surface area contributed by atoms with Gasteiger partial charge in [-0.15, -0.1) is 0 Å². The lowest BCUT2D eigenvalue weighted by Gasteiger charge is -2.27. The second-order valence-electron chi connectivity index (χ2n) is 4.88. The molecule has 0 bridgehead atoms. The Hall–Kier alpha value is -2.13. The van der Waals surface area contributed by atoms with Crippen LogP contribution in [0, 0.1) is 5.92 Å². The van der Waals surface area contributed by atoms with Crippen LogP contribution in [0.5, 0.6) is 0 Å². The number of rotatable bonds is 8. The molecule has 0 aromatic heterocycles. The minimum Gasteiger partial charge on any atom is -0.493 e. The van der Waals surface area contributed by atoms with Crippen molar-refractivity contribution in [2.24, 2.45) is 16.6 Å². The number of methoxy groups -OCH3 is 1. The highest BCUT2D eigenvalue weighted by Crippen LogP contribution is 2.27. The van der Waals surface area contributed by atoms with Gasteiger partial charge in [-0.3, -0.25) is 9.79 Å². The van der Waals surface area contributed by atoms with E-state index in [-0.39, 0.29) is 25.6 Å². The van der Waals surface area contributed by atoms with Gasteiger partial charge in [0.2, 0.25) is 0 Å². The van der Waals surface area contributed by atoms with Crippen LogP contribution in [-0.4, -0.2) is 65.8 Å². The van der Waals surface area contributed by atoms with Gasteiger partial charge in [-0.2, -0.15) is 0 Å². The number of nitrogens with zero attached hydrogens (tertiary/aromatic N) is 1. The molecule has 1 aliphatic carbocycles. The van der Waals surface area contributed by atoms with Crippen molar-refractivity contribution in [1.29, 1.82) is 0 Å². The Kier molecular flexibility index (Phi) is 6.80. The van der Waals surface area contributed by atoms with Crippen LogP contribution in [0.3, 0.4) is 0 Å². The van der Waals surface area contributed by atoms with Crippen LogP contribution in [0.4, 0.5) is 0 Å². The third kappa shape index (κ3) is 4.71. The molecule has 0 amide bonds. The van der Waals surface area contributed by atoms with E-state index in [1.165, 1.54) is 7.11 Å². The fourth-order valence-corrected chi connectivity index (χ4v) is 2.21. The summed E-state index contributed by atoms with van der Waals surface area (Å²) in [5, 5.41) is 29.9. The predicted octanol–water partition coefficient (Wildman–Crippen LogP) is -1.23. The molecule has 6 N–H and O–H groups in total. The molecule has 2 atom stereocenters. The molecule has 22 heavy (non-hydrogen) atoms. The maximum absolute atomic E-state index is 11.1. The first-order chi connectivity index (χ1) is 10.4. The van der Waals surface area contributed by atoms with Crippen molar-refractivity contribution in [3.8, 4) is 0 Å². The number of hydrogen-bond donors (Lipinski definition) is 5. The van der Waals surface area contributed by atoms with Crippen molar-refractivity contribution in [3.05, 3.63) is 11.5 Å². The maximum Gasteiger partial charge on any atom is 0.329 e. The topological polar surface area (TPSA) is 154 Å². The Labute approximate surface area is 127 Å². The predicted molar refractivity (Wildman–Crippen MR) is 77.4 cm³/mol. The number of nitrogens with two attached hydrogens (primary N) is 1. The molecule has 0 spiro atoms. The number of nitrogens with one attached hydrogen (secondary N) is 1. The van der Waals surface area contributed by atoms with Crippen molar-refractivity contribution < 1.29 is 29.6 Å². The molecule has 0 saturated carbocycles. The molecule has 0 aromatic carbocycles. The zero-order chi connectivity index (χ0) is 16.7. The van der Waals surface area contributed by atoms with Gasteiger partial charge < -0.3 is 31.1 Å². The molecule has 0 saturated heterocycles. The zero-order valence-electron chi connectivity index (χ0n) is 12.3.